The first-order valence-electron chi connectivity index (χ1n) is 5.45. The molecule has 1 aromatic heterocycles. The highest BCUT2D eigenvalue weighted by Crippen LogP contribution is 2.29. The summed E-state index contributed by atoms with van der Waals surface area (Å²) in [6.45, 7) is 0. The van der Waals surface area contributed by atoms with Crippen molar-refractivity contribution in [3.8, 4) is 22.9 Å². The molecule has 2 aromatic rings. The third-order valence-corrected chi connectivity index (χ3v) is 2.58. The predicted molar refractivity (Wildman–Crippen MR) is 67.5 cm³/mol. The van der Waals surface area contributed by atoms with Crippen LogP contribution >= 0.6 is 0 Å². The van der Waals surface area contributed by atoms with Crippen molar-refractivity contribution < 1.29 is 19.4 Å². The van der Waals surface area contributed by atoms with Crippen molar-refractivity contribution in [2.24, 2.45) is 0 Å². The summed E-state index contributed by atoms with van der Waals surface area (Å²) < 4.78 is 10.1. The summed E-state index contributed by atoms with van der Waals surface area (Å²) in [5.41, 5.74) is 1.68. The molecule has 6 nitrogen and oxygen atoms in total. The average molecular weight is 260 g/mol. The fourth-order valence-corrected chi connectivity index (χ4v) is 1.61. The van der Waals surface area contributed by atoms with Gasteiger partial charge in [0.05, 0.1) is 25.3 Å². The molecule has 0 amide bonds. The number of nitrogens with zero attached hydrogens (tertiary/aromatic N) is 2. The smallest absolute Gasteiger partial charge is 0.335 e. The molecule has 0 aliphatic carbocycles. The Labute approximate surface area is 109 Å². The summed E-state index contributed by atoms with van der Waals surface area (Å²) in [6, 6.07) is 8.08. The Morgan fingerprint density at radius 3 is 2.32 bits per heavy atom. The largest absolute Gasteiger partial charge is 0.480 e. The van der Waals surface area contributed by atoms with Crippen LogP contribution in [0.2, 0.25) is 0 Å². The maximum atomic E-state index is 10.8. The second kappa shape index (κ2) is 5.34. The standard InChI is InChI=1S/C13H12N2O4/c1-18-11-7-10(12(19-2)15-14-11)8-3-5-9(6-4-8)13(16)17/h3-7H,1-2H3,(H,16,17). The van der Waals surface area contributed by atoms with Crippen molar-refractivity contribution in [1.82, 2.24) is 10.2 Å². The number of ether oxygens (including phenoxy) is 2. The number of aromatic nitrogens is 2. The van der Waals surface area contributed by atoms with Gasteiger partial charge in [-0.05, 0) is 17.7 Å². The molecule has 1 aromatic carbocycles. The minimum Gasteiger partial charge on any atom is -0.480 e. The lowest BCUT2D eigenvalue weighted by Crippen LogP contribution is -1.98. The number of methoxy groups -OCH3 is 2. The highest BCUT2D eigenvalue weighted by molar-refractivity contribution is 5.88. The number of hydrogen-bond acceptors (Lipinski definition) is 5. The Kier molecular flexibility index (Phi) is 3.61. The predicted octanol–water partition coefficient (Wildman–Crippen LogP) is 1.86. The molecular weight excluding hydrogens is 248 g/mol. The van der Waals surface area contributed by atoms with Crippen molar-refractivity contribution in [1.29, 1.82) is 0 Å². The molecule has 0 aliphatic heterocycles. The highest BCUT2D eigenvalue weighted by atomic mass is 16.5. The molecule has 2 rings (SSSR count). The summed E-state index contributed by atoms with van der Waals surface area (Å²) in [5.74, 6) is -0.258. The normalized spacial score (nSPS) is 10.0. The lowest BCUT2D eigenvalue weighted by Gasteiger charge is -2.08. The van der Waals surface area contributed by atoms with E-state index in [2.05, 4.69) is 10.2 Å². The summed E-state index contributed by atoms with van der Waals surface area (Å²) in [6.07, 6.45) is 0. The zero-order valence-electron chi connectivity index (χ0n) is 10.5. The Morgan fingerprint density at radius 2 is 1.79 bits per heavy atom. The minimum absolute atomic E-state index is 0.219. The SMILES string of the molecule is COc1cc(-c2ccc(C(=O)O)cc2)c(OC)nn1. The third-order valence-electron chi connectivity index (χ3n) is 2.58. The van der Waals surface area contributed by atoms with Crippen molar-refractivity contribution in [2.75, 3.05) is 14.2 Å². The van der Waals surface area contributed by atoms with Crippen molar-refractivity contribution >= 4 is 5.97 Å². The van der Waals surface area contributed by atoms with Crippen LogP contribution in [-0.2, 0) is 0 Å². The first-order chi connectivity index (χ1) is 9.15. The molecule has 0 spiro atoms. The Bertz CT molecular complexity index is 596. The molecule has 0 bridgehead atoms. The fraction of sp³-hybridized carbons (Fsp3) is 0.154. The molecule has 0 saturated heterocycles. The second-order valence-electron chi connectivity index (χ2n) is 3.69. The van der Waals surface area contributed by atoms with Crippen molar-refractivity contribution in [3.05, 3.63) is 35.9 Å². The van der Waals surface area contributed by atoms with E-state index >= 15 is 0 Å². The molecule has 0 atom stereocenters. The van der Waals surface area contributed by atoms with Crippen LogP contribution in [0.15, 0.2) is 30.3 Å². The van der Waals surface area contributed by atoms with E-state index in [1.807, 2.05) is 0 Å². The van der Waals surface area contributed by atoms with Gasteiger partial charge in [0.2, 0.25) is 11.8 Å². The van der Waals surface area contributed by atoms with Gasteiger partial charge in [0.15, 0.2) is 0 Å². The lowest BCUT2D eigenvalue weighted by molar-refractivity contribution is 0.0697. The van der Waals surface area contributed by atoms with Gasteiger partial charge in [0, 0.05) is 6.07 Å². The summed E-state index contributed by atoms with van der Waals surface area (Å²) >= 11 is 0. The van der Waals surface area contributed by atoms with Gasteiger partial charge >= 0.3 is 5.97 Å². The molecule has 1 heterocycles. The molecular formula is C13H12N2O4. The Hall–Kier alpha value is -2.63. The van der Waals surface area contributed by atoms with E-state index in [0.717, 1.165) is 5.56 Å². The zero-order chi connectivity index (χ0) is 13.8. The van der Waals surface area contributed by atoms with E-state index in [4.69, 9.17) is 14.6 Å². The van der Waals surface area contributed by atoms with Gasteiger partial charge in [-0.15, -0.1) is 10.2 Å². The second-order valence-corrected chi connectivity index (χ2v) is 3.69. The number of hydrogen-bond donors (Lipinski definition) is 1. The van der Waals surface area contributed by atoms with Crippen LogP contribution < -0.4 is 9.47 Å². The lowest BCUT2D eigenvalue weighted by atomic mass is 10.1. The van der Waals surface area contributed by atoms with Crippen LogP contribution in [0, 0.1) is 0 Å². The van der Waals surface area contributed by atoms with Gasteiger partial charge < -0.3 is 14.6 Å². The van der Waals surface area contributed by atoms with Gasteiger partial charge in [-0.3, -0.25) is 0 Å². The molecule has 1 N–H and O–H groups in total. The minimum atomic E-state index is -0.969. The number of rotatable bonds is 4. The van der Waals surface area contributed by atoms with Gasteiger partial charge in [-0.1, -0.05) is 12.1 Å². The third kappa shape index (κ3) is 2.62. The van der Waals surface area contributed by atoms with Crippen LogP contribution in [0.5, 0.6) is 11.8 Å². The molecule has 0 aliphatic rings. The van der Waals surface area contributed by atoms with Gasteiger partial charge in [-0.25, -0.2) is 4.79 Å². The average Bonchev–Trinajstić information content (AvgIpc) is 2.46. The molecule has 19 heavy (non-hydrogen) atoms. The van der Waals surface area contributed by atoms with E-state index in [1.165, 1.54) is 26.4 Å². The zero-order valence-corrected chi connectivity index (χ0v) is 10.5. The van der Waals surface area contributed by atoms with E-state index < -0.39 is 5.97 Å². The van der Waals surface area contributed by atoms with Crippen LogP contribution in [-0.4, -0.2) is 35.5 Å². The monoisotopic (exact) mass is 260 g/mol. The van der Waals surface area contributed by atoms with Crippen LogP contribution in [0.3, 0.4) is 0 Å². The maximum Gasteiger partial charge on any atom is 0.335 e. The number of carboxylic acids is 1. The topological polar surface area (TPSA) is 81.5 Å². The summed E-state index contributed by atoms with van der Waals surface area (Å²) in [4.78, 5) is 10.8. The molecule has 0 saturated carbocycles. The number of carbonyl (C=O) groups is 1. The van der Waals surface area contributed by atoms with Gasteiger partial charge in [-0.2, -0.15) is 0 Å². The van der Waals surface area contributed by atoms with Crippen LogP contribution in [0.25, 0.3) is 11.1 Å². The van der Waals surface area contributed by atoms with Crippen LogP contribution in [0.4, 0.5) is 0 Å². The van der Waals surface area contributed by atoms with E-state index in [-0.39, 0.29) is 5.56 Å². The maximum absolute atomic E-state index is 10.8. The summed E-state index contributed by atoms with van der Waals surface area (Å²) in [7, 11) is 2.99. The number of benzene rings is 1. The van der Waals surface area contributed by atoms with Crippen molar-refractivity contribution in [2.45, 2.75) is 0 Å². The molecule has 0 unspecified atom stereocenters. The van der Waals surface area contributed by atoms with E-state index in [1.54, 1.807) is 18.2 Å². The molecule has 0 fully saturated rings. The quantitative estimate of drug-likeness (QED) is 0.903. The first-order valence-corrected chi connectivity index (χ1v) is 5.45. The summed E-state index contributed by atoms with van der Waals surface area (Å²) in [5, 5.41) is 16.6. The Morgan fingerprint density at radius 1 is 1.11 bits per heavy atom. The van der Waals surface area contributed by atoms with E-state index in [0.29, 0.717) is 17.3 Å². The molecule has 6 heteroatoms. The first kappa shape index (κ1) is 12.8. The highest BCUT2D eigenvalue weighted by Gasteiger charge is 2.11. The Balaban J connectivity index is 2.47. The van der Waals surface area contributed by atoms with Crippen LogP contribution in [0.1, 0.15) is 10.4 Å². The number of carboxylic acid groups (broad SMARTS) is 1. The molecule has 0 radical (unpaired) electrons. The fourth-order valence-electron chi connectivity index (χ4n) is 1.61. The van der Waals surface area contributed by atoms with Crippen molar-refractivity contribution in [3.63, 3.8) is 0 Å². The van der Waals surface area contributed by atoms with E-state index in [9.17, 15) is 4.79 Å². The molecule has 98 valence electrons. The van der Waals surface area contributed by atoms with Gasteiger partial charge in [0.25, 0.3) is 0 Å². The van der Waals surface area contributed by atoms with Gasteiger partial charge in [0.1, 0.15) is 0 Å². The number of aromatic carboxylic acids is 1.